The molecule has 1 amide bonds. The van der Waals surface area contributed by atoms with E-state index in [0.29, 0.717) is 17.0 Å². The van der Waals surface area contributed by atoms with Gasteiger partial charge in [-0.2, -0.15) is 10.2 Å². The largest absolute Gasteiger partial charge is 0.546 e. The molecule has 2 N–H and O–H groups in total. The topological polar surface area (TPSA) is 119 Å². The number of nitrogens with one attached hydrogen (secondary N) is 2. The monoisotopic (exact) mass is 389 g/mol. The van der Waals surface area contributed by atoms with Crippen molar-refractivity contribution in [3.63, 3.8) is 0 Å². The van der Waals surface area contributed by atoms with Crippen molar-refractivity contribution >= 4 is 18.1 Å². The number of rotatable bonds is 6. The molecule has 1 aliphatic rings. The molecule has 1 heterocycles. The first-order valence-electron chi connectivity index (χ1n) is 9.04. The van der Waals surface area contributed by atoms with Gasteiger partial charge in [-0.25, -0.2) is 5.43 Å². The Labute approximate surface area is 166 Å². The fourth-order valence-corrected chi connectivity index (χ4v) is 3.32. The Balaban J connectivity index is 1.48. The molecular weight excluding hydrogens is 372 g/mol. The molecule has 8 heteroatoms. The van der Waals surface area contributed by atoms with E-state index in [9.17, 15) is 14.7 Å². The molecule has 1 aliphatic carbocycles. The van der Waals surface area contributed by atoms with Crippen LogP contribution in [0.4, 0.5) is 0 Å². The summed E-state index contributed by atoms with van der Waals surface area (Å²) >= 11 is 0. The summed E-state index contributed by atoms with van der Waals surface area (Å²) in [4.78, 5) is 23.1. The molecule has 0 unspecified atom stereocenters. The summed E-state index contributed by atoms with van der Waals surface area (Å²) in [5.74, 6) is -1.40. The molecule has 2 aromatic carbocycles. The average molecular weight is 389 g/mol. The van der Waals surface area contributed by atoms with Gasteiger partial charge in [0, 0.05) is 16.7 Å². The summed E-state index contributed by atoms with van der Waals surface area (Å²) in [6.45, 7) is -0.570. The zero-order valence-electron chi connectivity index (χ0n) is 15.3. The Bertz CT molecular complexity index is 1100. The molecule has 0 bridgehead atoms. The molecule has 8 nitrogen and oxygen atoms in total. The van der Waals surface area contributed by atoms with Crippen LogP contribution in [-0.2, 0) is 17.6 Å². The average Bonchev–Trinajstić information content (AvgIpc) is 3.17. The van der Waals surface area contributed by atoms with E-state index < -0.39 is 18.5 Å². The van der Waals surface area contributed by atoms with Gasteiger partial charge in [-0.1, -0.05) is 36.4 Å². The van der Waals surface area contributed by atoms with Crippen LogP contribution in [0.25, 0.3) is 11.3 Å². The van der Waals surface area contributed by atoms with E-state index in [1.165, 1.54) is 11.8 Å². The van der Waals surface area contributed by atoms with Crippen LogP contribution in [0.1, 0.15) is 27.2 Å². The Kier molecular flexibility index (Phi) is 5.07. The van der Waals surface area contributed by atoms with Crippen molar-refractivity contribution in [3.8, 4) is 17.0 Å². The second-order valence-electron chi connectivity index (χ2n) is 6.48. The van der Waals surface area contributed by atoms with Crippen molar-refractivity contribution in [3.05, 3.63) is 70.9 Å². The molecule has 0 atom stereocenters. The van der Waals surface area contributed by atoms with Crippen LogP contribution in [0, 0.1) is 0 Å². The molecule has 4 rings (SSSR count). The summed E-state index contributed by atoms with van der Waals surface area (Å²) in [6, 6.07) is 14.8. The fourth-order valence-electron chi connectivity index (χ4n) is 3.32. The lowest BCUT2D eigenvalue weighted by Crippen LogP contribution is -2.29. The lowest BCUT2D eigenvalue weighted by atomic mass is 9.89. The van der Waals surface area contributed by atoms with Crippen molar-refractivity contribution in [2.75, 3.05) is 6.61 Å². The molecule has 146 valence electrons. The summed E-state index contributed by atoms with van der Waals surface area (Å²) < 4.78 is 5.15. The second-order valence-corrected chi connectivity index (χ2v) is 6.48. The number of aliphatic carboxylic acids is 1. The first-order chi connectivity index (χ1) is 14.1. The van der Waals surface area contributed by atoms with Crippen LogP contribution in [0.5, 0.6) is 5.75 Å². The zero-order chi connectivity index (χ0) is 20.2. The number of hydrogen-bond acceptors (Lipinski definition) is 6. The van der Waals surface area contributed by atoms with Gasteiger partial charge >= 0.3 is 0 Å². The summed E-state index contributed by atoms with van der Waals surface area (Å²) in [6.07, 6.45) is 2.95. The third kappa shape index (κ3) is 3.86. The molecule has 0 saturated heterocycles. The van der Waals surface area contributed by atoms with Gasteiger partial charge in [-0.3, -0.25) is 9.89 Å². The predicted octanol–water partition coefficient (Wildman–Crippen LogP) is 1.07. The Hall–Kier alpha value is -3.94. The van der Waals surface area contributed by atoms with Crippen LogP contribution in [0.15, 0.2) is 53.6 Å². The van der Waals surface area contributed by atoms with E-state index in [0.717, 1.165) is 29.7 Å². The number of aryl methyl sites for hydroxylation is 1. The van der Waals surface area contributed by atoms with E-state index in [2.05, 4.69) is 26.8 Å². The molecule has 29 heavy (non-hydrogen) atoms. The molecule has 0 saturated carbocycles. The molecule has 0 fully saturated rings. The van der Waals surface area contributed by atoms with Crippen molar-refractivity contribution in [2.24, 2.45) is 5.10 Å². The van der Waals surface area contributed by atoms with E-state index >= 15 is 0 Å². The SMILES string of the molecule is O=C([O-])COc1ccccc1/C=N\NC(=O)c1[nH]nc2c1CCc1ccccc1-2. The minimum absolute atomic E-state index is 0.324. The minimum atomic E-state index is -1.32. The number of fused-ring (bicyclic) bond motifs is 3. The van der Waals surface area contributed by atoms with Crippen molar-refractivity contribution < 1.29 is 19.4 Å². The molecular formula is C21H17N4O4-. The number of carboxylic acids is 1. The van der Waals surface area contributed by atoms with Gasteiger partial charge in [-0.15, -0.1) is 0 Å². The second kappa shape index (κ2) is 7.97. The first kappa shape index (κ1) is 18.4. The standard InChI is InChI=1S/C21H18N4O4/c26-18(27)12-29-17-8-4-2-6-14(17)11-22-25-21(28)20-16-10-9-13-5-1-3-7-15(13)19(16)23-24-20/h1-8,11H,9-10,12H2,(H,23,24)(H,25,28)(H,26,27)/p-1/b22-11-. The maximum absolute atomic E-state index is 12.6. The maximum Gasteiger partial charge on any atom is 0.289 e. The molecule has 1 aromatic heterocycles. The molecule has 0 spiro atoms. The number of carbonyl (C=O) groups excluding carboxylic acids is 2. The third-order valence-electron chi connectivity index (χ3n) is 4.65. The van der Waals surface area contributed by atoms with Crippen LogP contribution in [-0.4, -0.2) is 34.9 Å². The van der Waals surface area contributed by atoms with Gasteiger partial charge < -0.3 is 14.6 Å². The van der Waals surface area contributed by atoms with Gasteiger partial charge in [0.25, 0.3) is 5.91 Å². The fraction of sp³-hybridized carbons (Fsp3) is 0.143. The summed E-state index contributed by atoms with van der Waals surface area (Å²) in [5, 5.41) is 21.7. The van der Waals surface area contributed by atoms with Gasteiger partial charge in [-0.05, 0) is 30.5 Å². The number of benzene rings is 2. The summed E-state index contributed by atoms with van der Waals surface area (Å²) in [5.41, 5.74) is 7.29. The Morgan fingerprint density at radius 1 is 1.17 bits per heavy atom. The maximum atomic E-state index is 12.6. The van der Waals surface area contributed by atoms with Crippen LogP contribution in [0.2, 0.25) is 0 Å². The van der Waals surface area contributed by atoms with Crippen molar-refractivity contribution in [2.45, 2.75) is 12.8 Å². The van der Waals surface area contributed by atoms with Crippen LogP contribution < -0.4 is 15.3 Å². The first-order valence-corrected chi connectivity index (χ1v) is 9.04. The lowest BCUT2D eigenvalue weighted by Gasteiger charge is -2.15. The number of para-hydroxylation sites is 1. The van der Waals surface area contributed by atoms with Crippen LogP contribution in [0.3, 0.4) is 0 Å². The normalized spacial score (nSPS) is 12.3. The van der Waals surface area contributed by atoms with Crippen molar-refractivity contribution in [1.82, 2.24) is 15.6 Å². The highest BCUT2D eigenvalue weighted by molar-refractivity contribution is 5.96. The number of H-pyrrole nitrogens is 1. The van der Waals surface area contributed by atoms with Crippen LogP contribution >= 0.6 is 0 Å². The highest BCUT2D eigenvalue weighted by Crippen LogP contribution is 2.33. The molecule has 3 aromatic rings. The highest BCUT2D eigenvalue weighted by Gasteiger charge is 2.24. The number of hydrogen-bond donors (Lipinski definition) is 2. The number of carbonyl (C=O) groups is 2. The van der Waals surface area contributed by atoms with Gasteiger partial charge in [0.1, 0.15) is 18.1 Å². The van der Waals surface area contributed by atoms with E-state index in [1.54, 1.807) is 24.3 Å². The highest BCUT2D eigenvalue weighted by atomic mass is 16.5. The molecule has 0 aliphatic heterocycles. The number of aromatic nitrogens is 2. The third-order valence-corrected chi connectivity index (χ3v) is 4.65. The Morgan fingerprint density at radius 3 is 2.83 bits per heavy atom. The Morgan fingerprint density at radius 2 is 1.97 bits per heavy atom. The van der Waals surface area contributed by atoms with E-state index in [4.69, 9.17) is 4.74 Å². The van der Waals surface area contributed by atoms with E-state index in [-0.39, 0.29) is 0 Å². The minimum Gasteiger partial charge on any atom is -0.546 e. The van der Waals surface area contributed by atoms with Gasteiger partial charge in [0.2, 0.25) is 0 Å². The van der Waals surface area contributed by atoms with Gasteiger partial charge in [0.05, 0.1) is 17.9 Å². The number of nitrogens with zero attached hydrogens (tertiary/aromatic N) is 2. The number of amides is 1. The molecule has 0 radical (unpaired) electrons. The lowest BCUT2D eigenvalue weighted by molar-refractivity contribution is -0.307. The van der Waals surface area contributed by atoms with Crippen molar-refractivity contribution in [1.29, 1.82) is 0 Å². The smallest absolute Gasteiger partial charge is 0.289 e. The predicted molar refractivity (Wildman–Crippen MR) is 103 cm³/mol. The summed E-state index contributed by atoms with van der Waals surface area (Å²) in [7, 11) is 0. The quantitative estimate of drug-likeness (QED) is 0.483. The number of hydrazone groups is 1. The van der Waals surface area contributed by atoms with E-state index in [1.807, 2.05) is 18.2 Å². The number of carboxylic acid groups (broad SMARTS) is 1. The number of aromatic amines is 1. The number of ether oxygens (including phenoxy) is 1. The zero-order valence-corrected chi connectivity index (χ0v) is 15.3. The van der Waals surface area contributed by atoms with Gasteiger partial charge in [0.15, 0.2) is 0 Å².